The van der Waals surface area contributed by atoms with Gasteiger partial charge in [0.1, 0.15) is 6.04 Å². The molecule has 1 aliphatic rings. The molecule has 3 aromatic carbocycles. The van der Waals surface area contributed by atoms with Crippen molar-refractivity contribution in [1.82, 2.24) is 15.6 Å². The first-order valence-corrected chi connectivity index (χ1v) is 15.8. The maximum absolute atomic E-state index is 14.1. The van der Waals surface area contributed by atoms with Gasteiger partial charge in [-0.15, -0.1) is 0 Å². The fourth-order valence-corrected chi connectivity index (χ4v) is 6.36. The van der Waals surface area contributed by atoms with Crippen molar-refractivity contribution in [3.05, 3.63) is 132 Å². The minimum atomic E-state index is -0.941. The summed E-state index contributed by atoms with van der Waals surface area (Å²) in [7, 11) is 1.29. The van der Waals surface area contributed by atoms with E-state index in [1.165, 1.54) is 7.11 Å². The number of methoxy groups -OCH3 is 1. The summed E-state index contributed by atoms with van der Waals surface area (Å²) in [6.45, 7) is 2.84. The van der Waals surface area contributed by atoms with E-state index in [1.54, 1.807) is 12.4 Å². The van der Waals surface area contributed by atoms with Gasteiger partial charge in [-0.05, 0) is 60.2 Å². The van der Waals surface area contributed by atoms with Crippen molar-refractivity contribution in [3.8, 4) is 0 Å². The molecule has 1 aliphatic heterocycles. The quantitative estimate of drug-likeness (QED) is 0.155. The number of anilines is 1. The SMILES string of the molecule is COC(=O)N[C@H](C(=O)Nc1ccccc1CC[C@@H]1CN[C@H](C)[C@@H](C(S)c2ccncc2)O1)C(c1ccccc1)c1ccccc1. The topological polar surface area (TPSA) is 102 Å². The van der Waals surface area contributed by atoms with Crippen LogP contribution < -0.4 is 16.0 Å². The molecule has 1 aromatic heterocycles. The highest BCUT2D eigenvalue weighted by atomic mass is 32.1. The number of hydrogen-bond acceptors (Lipinski definition) is 7. The Kier molecular flexibility index (Phi) is 11.2. The first kappa shape index (κ1) is 32.2. The van der Waals surface area contributed by atoms with E-state index < -0.39 is 18.1 Å². The van der Waals surface area contributed by atoms with Crippen LogP contribution in [0, 0.1) is 0 Å². The average Bonchev–Trinajstić information content (AvgIpc) is 3.09. The molecule has 1 fully saturated rings. The van der Waals surface area contributed by atoms with Crippen LogP contribution in [-0.4, -0.2) is 54.9 Å². The number of hydrogen-bond donors (Lipinski definition) is 4. The summed E-state index contributed by atoms with van der Waals surface area (Å²) in [5, 5.41) is 9.42. The van der Waals surface area contributed by atoms with Crippen molar-refractivity contribution < 1.29 is 19.1 Å². The normalized spacial score (nSPS) is 19.3. The number of para-hydroxylation sites is 1. The van der Waals surface area contributed by atoms with E-state index in [2.05, 4.69) is 27.9 Å². The number of alkyl carbamates (subject to hydrolysis) is 1. The van der Waals surface area contributed by atoms with Crippen LogP contribution in [-0.2, 0) is 20.7 Å². The predicted molar refractivity (Wildman–Crippen MR) is 180 cm³/mol. The third kappa shape index (κ3) is 8.30. The number of thiol groups is 1. The Hall–Kier alpha value is -4.18. The average molecular weight is 625 g/mol. The lowest BCUT2D eigenvalue weighted by atomic mass is 9.84. The summed E-state index contributed by atoms with van der Waals surface area (Å²) < 4.78 is 11.5. The molecule has 1 saturated heterocycles. The van der Waals surface area contributed by atoms with Crippen LogP contribution in [0.4, 0.5) is 10.5 Å². The van der Waals surface area contributed by atoms with Crippen LogP contribution in [0.2, 0.25) is 0 Å². The van der Waals surface area contributed by atoms with Crippen molar-refractivity contribution in [2.75, 3.05) is 19.0 Å². The molecule has 45 heavy (non-hydrogen) atoms. The van der Waals surface area contributed by atoms with Crippen LogP contribution in [0.25, 0.3) is 0 Å². The van der Waals surface area contributed by atoms with Gasteiger partial charge in [0.15, 0.2) is 0 Å². The molecule has 0 saturated carbocycles. The molecule has 234 valence electrons. The molecule has 0 aliphatic carbocycles. The Morgan fingerprint density at radius 1 is 0.933 bits per heavy atom. The smallest absolute Gasteiger partial charge is 0.407 e. The van der Waals surface area contributed by atoms with Crippen LogP contribution in [0.5, 0.6) is 0 Å². The van der Waals surface area contributed by atoms with E-state index >= 15 is 0 Å². The molecule has 5 rings (SSSR count). The van der Waals surface area contributed by atoms with Crippen molar-refractivity contribution in [2.45, 2.75) is 55.2 Å². The molecule has 8 nitrogen and oxygen atoms in total. The number of rotatable bonds is 11. The molecule has 0 bridgehead atoms. The van der Waals surface area contributed by atoms with Gasteiger partial charge in [-0.1, -0.05) is 78.9 Å². The predicted octanol–water partition coefficient (Wildman–Crippen LogP) is 5.93. The van der Waals surface area contributed by atoms with Crippen LogP contribution in [0.1, 0.15) is 46.8 Å². The Balaban J connectivity index is 1.33. The lowest BCUT2D eigenvalue weighted by Gasteiger charge is -2.39. The number of amides is 2. The molecular weight excluding hydrogens is 584 g/mol. The maximum Gasteiger partial charge on any atom is 0.407 e. The van der Waals surface area contributed by atoms with E-state index in [9.17, 15) is 9.59 Å². The standard InChI is InChI=1S/C36H40N4O4S/c1-24-33(34(45)28-19-21-37-22-20-28)44-29(23-38-24)18-17-25-11-9-10-16-30(25)39-35(41)32(40-36(42)43-2)31(26-12-5-3-6-13-26)27-14-7-4-8-15-27/h3-16,19-22,24,29,31-34,38,45H,17-18,23H2,1-2H3,(H,39,41)(H,40,42)/t24-,29-,32+,33+,34?/m1/s1. The minimum absolute atomic E-state index is 0.0271. The first-order chi connectivity index (χ1) is 21.9. The van der Waals surface area contributed by atoms with Crippen molar-refractivity contribution in [3.63, 3.8) is 0 Å². The number of nitrogens with zero attached hydrogens (tertiary/aromatic N) is 1. The van der Waals surface area contributed by atoms with Gasteiger partial charge in [-0.2, -0.15) is 12.6 Å². The molecule has 4 aromatic rings. The zero-order valence-electron chi connectivity index (χ0n) is 25.5. The highest BCUT2D eigenvalue weighted by Crippen LogP contribution is 2.32. The fraction of sp³-hybridized carbons (Fsp3) is 0.306. The molecule has 2 amide bonds. The second-order valence-electron chi connectivity index (χ2n) is 11.2. The lowest BCUT2D eigenvalue weighted by Crippen LogP contribution is -2.52. The van der Waals surface area contributed by atoms with Crippen LogP contribution >= 0.6 is 12.6 Å². The number of aryl methyl sites for hydroxylation is 1. The van der Waals surface area contributed by atoms with Gasteiger partial charge >= 0.3 is 6.09 Å². The number of ether oxygens (including phenoxy) is 2. The molecular formula is C36H40N4O4S. The number of carbonyl (C=O) groups excluding carboxylic acids is 2. The Bertz CT molecular complexity index is 1490. The largest absolute Gasteiger partial charge is 0.453 e. The minimum Gasteiger partial charge on any atom is -0.453 e. The summed E-state index contributed by atoms with van der Waals surface area (Å²) >= 11 is 4.89. The highest BCUT2D eigenvalue weighted by Gasteiger charge is 2.35. The zero-order valence-corrected chi connectivity index (χ0v) is 26.4. The summed E-state index contributed by atoms with van der Waals surface area (Å²) in [6.07, 6.45) is 4.17. The van der Waals surface area contributed by atoms with Crippen molar-refractivity contribution >= 4 is 30.3 Å². The molecule has 9 heteroatoms. The van der Waals surface area contributed by atoms with E-state index in [0.29, 0.717) is 12.1 Å². The monoisotopic (exact) mass is 624 g/mol. The number of benzene rings is 3. The number of morpholine rings is 1. The molecule has 2 heterocycles. The van der Waals surface area contributed by atoms with Gasteiger partial charge < -0.3 is 25.4 Å². The van der Waals surface area contributed by atoms with E-state index in [-0.39, 0.29) is 29.4 Å². The third-order valence-electron chi connectivity index (χ3n) is 8.27. The van der Waals surface area contributed by atoms with Crippen molar-refractivity contribution in [1.29, 1.82) is 0 Å². The second kappa shape index (κ2) is 15.7. The zero-order chi connectivity index (χ0) is 31.6. The maximum atomic E-state index is 14.1. The number of pyridine rings is 1. The fourth-order valence-electron chi connectivity index (χ4n) is 5.86. The first-order valence-electron chi connectivity index (χ1n) is 15.2. The third-order valence-corrected chi connectivity index (χ3v) is 8.86. The molecule has 1 unspecified atom stereocenters. The van der Waals surface area contributed by atoms with Crippen molar-refractivity contribution in [2.24, 2.45) is 0 Å². The summed E-state index contributed by atoms with van der Waals surface area (Å²) in [4.78, 5) is 30.7. The lowest BCUT2D eigenvalue weighted by molar-refractivity contribution is -0.118. The Labute approximate surface area is 270 Å². The van der Waals surface area contributed by atoms with E-state index in [4.69, 9.17) is 22.1 Å². The van der Waals surface area contributed by atoms with Gasteiger partial charge in [-0.3, -0.25) is 9.78 Å². The van der Waals surface area contributed by atoms with Gasteiger partial charge in [0, 0.05) is 36.6 Å². The molecule has 0 spiro atoms. The van der Waals surface area contributed by atoms with Gasteiger partial charge in [0.25, 0.3) is 0 Å². The molecule has 5 atom stereocenters. The van der Waals surface area contributed by atoms with Gasteiger partial charge in [0.05, 0.1) is 24.6 Å². The van der Waals surface area contributed by atoms with Gasteiger partial charge in [0.2, 0.25) is 5.91 Å². The Morgan fingerprint density at radius 3 is 2.20 bits per heavy atom. The Morgan fingerprint density at radius 2 is 1.56 bits per heavy atom. The number of aromatic nitrogens is 1. The molecule has 3 N–H and O–H groups in total. The van der Waals surface area contributed by atoms with E-state index in [1.807, 2.05) is 97.1 Å². The van der Waals surface area contributed by atoms with Gasteiger partial charge in [-0.25, -0.2) is 4.79 Å². The summed E-state index contributed by atoms with van der Waals surface area (Å²) in [5.41, 5.74) is 4.53. The van der Waals surface area contributed by atoms with Crippen LogP contribution in [0.3, 0.4) is 0 Å². The highest BCUT2D eigenvalue weighted by molar-refractivity contribution is 7.80. The van der Waals surface area contributed by atoms with Crippen LogP contribution in [0.15, 0.2) is 109 Å². The van der Waals surface area contributed by atoms with E-state index in [0.717, 1.165) is 35.2 Å². The summed E-state index contributed by atoms with van der Waals surface area (Å²) in [6, 6.07) is 30.3. The number of carbonyl (C=O) groups is 2. The second-order valence-corrected chi connectivity index (χ2v) is 11.8. The molecule has 0 radical (unpaired) electrons. The summed E-state index contributed by atoms with van der Waals surface area (Å²) in [5.74, 6) is -0.792. The number of nitrogens with one attached hydrogen (secondary N) is 3.